The van der Waals surface area contributed by atoms with E-state index in [9.17, 15) is 5.11 Å². The van der Waals surface area contributed by atoms with Crippen LogP contribution in [0.15, 0.2) is 12.3 Å². The van der Waals surface area contributed by atoms with Crippen LogP contribution < -0.4 is 10.5 Å². The van der Waals surface area contributed by atoms with Gasteiger partial charge in [0.05, 0.1) is 19.1 Å². The van der Waals surface area contributed by atoms with Crippen molar-refractivity contribution >= 4 is 17.0 Å². The second-order valence-corrected chi connectivity index (χ2v) is 6.36. The second kappa shape index (κ2) is 5.28. The number of rotatable bonds is 3. The fourth-order valence-electron chi connectivity index (χ4n) is 3.41. The number of nitrogen functional groups attached to an aromatic ring is 1. The zero-order valence-corrected chi connectivity index (χ0v) is 13.7. The Morgan fingerprint density at radius 2 is 2.08 bits per heavy atom. The van der Waals surface area contributed by atoms with Crippen molar-refractivity contribution in [2.45, 2.75) is 44.2 Å². The van der Waals surface area contributed by atoms with Crippen LogP contribution in [-0.4, -0.2) is 57.5 Å². The number of hydrogen-bond acceptors (Lipinski definition) is 8. The number of nitrogens with two attached hydrogens (primary N) is 1. The quantitative estimate of drug-likeness (QED) is 0.829. The Morgan fingerprint density at radius 1 is 1.33 bits per heavy atom. The third-order valence-electron chi connectivity index (χ3n) is 4.33. The Hall–Kier alpha value is -1.94. The molecular formula is C15H20N4O5. The highest BCUT2D eigenvalue weighted by Gasteiger charge is 2.55. The first-order chi connectivity index (χ1) is 11.4. The highest BCUT2D eigenvalue weighted by Crippen LogP contribution is 2.44. The molecule has 2 fully saturated rings. The van der Waals surface area contributed by atoms with Crippen molar-refractivity contribution in [3.8, 4) is 5.88 Å². The van der Waals surface area contributed by atoms with Crippen LogP contribution in [-0.2, 0) is 14.2 Å². The summed E-state index contributed by atoms with van der Waals surface area (Å²) in [6, 6.07) is 1.83. The minimum absolute atomic E-state index is 0.108. The molecule has 4 heterocycles. The lowest BCUT2D eigenvalue weighted by Crippen LogP contribution is -2.31. The van der Waals surface area contributed by atoms with E-state index in [1.807, 2.05) is 30.7 Å². The van der Waals surface area contributed by atoms with Crippen LogP contribution in [0.1, 0.15) is 20.1 Å². The molecule has 2 aromatic rings. The van der Waals surface area contributed by atoms with E-state index in [1.54, 1.807) is 0 Å². The molecule has 130 valence electrons. The molecule has 0 aromatic carbocycles. The monoisotopic (exact) mass is 336 g/mol. The number of fused-ring (bicyclic) bond motifs is 2. The maximum absolute atomic E-state index is 9.60. The maximum Gasteiger partial charge on any atom is 0.227 e. The van der Waals surface area contributed by atoms with Gasteiger partial charge in [-0.05, 0) is 19.9 Å². The maximum atomic E-state index is 9.60. The van der Waals surface area contributed by atoms with E-state index in [2.05, 4.69) is 9.97 Å². The predicted octanol–water partition coefficient (Wildman–Crippen LogP) is 0.432. The van der Waals surface area contributed by atoms with Crippen molar-refractivity contribution in [1.29, 1.82) is 0 Å². The molecule has 4 rings (SSSR count). The lowest BCUT2D eigenvalue weighted by Gasteiger charge is -2.24. The van der Waals surface area contributed by atoms with E-state index in [0.29, 0.717) is 11.5 Å². The Kier molecular flexibility index (Phi) is 3.43. The van der Waals surface area contributed by atoms with E-state index >= 15 is 0 Å². The molecule has 2 saturated heterocycles. The predicted molar refractivity (Wildman–Crippen MR) is 83.3 cm³/mol. The summed E-state index contributed by atoms with van der Waals surface area (Å²) in [4.78, 5) is 8.38. The molecule has 0 spiro atoms. The van der Waals surface area contributed by atoms with Gasteiger partial charge in [0.1, 0.15) is 18.3 Å². The van der Waals surface area contributed by atoms with Gasteiger partial charge in [0.15, 0.2) is 17.7 Å². The summed E-state index contributed by atoms with van der Waals surface area (Å²) in [6.45, 7) is 3.53. The van der Waals surface area contributed by atoms with Crippen molar-refractivity contribution in [1.82, 2.24) is 14.5 Å². The van der Waals surface area contributed by atoms with Crippen molar-refractivity contribution < 1.29 is 24.1 Å². The first-order valence-electron chi connectivity index (χ1n) is 7.73. The van der Waals surface area contributed by atoms with Gasteiger partial charge in [-0.15, -0.1) is 0 Å². The lowest BCUT2D eigenvalue weighted by atomic mass is 10.1. The van der Waals surface area contributed by atoms with Crippen molar-refractivity contribution in [2.75, 3.05) is 19.5 Å². The van der Waals surface area contributed by atoms with Gasteiger partial charge >= 0.3 is 0 Å². The summed E-state index contributed by atoms with van der Waals surface area (Å²) in [6.07, 6.45) is 0.131. The Labute approximate surface area is 138 Å². The summed E-state index contributed by atoms with van der Waals surface area (Å²) in [5.41, 5.74) is 6.36. The number of methoxy groups -OCH3 is 1. The number of aromatic nitrogens is 3. The van der Waals surface area contributed by atoms with Gasteiger partial charge in [-0.2, -0.15) is 9.97 Å². The Morgan fingerprint density at radius 3 is 2.79 bits per heavy atom. The molecule has 0 radical (unpaired) electrons. The third kappa shape index (κ3) is 2.24. The summed E-state index contributed by atoms with van der Waals surface area (Å²) in [7, 11) is 1.53. The van der Waals surface area contributed by atoms with Gasteiger partial charge in [-0.3, -0.25) is 0 Å². The second-order valence-electron chi connectivity index (χ2n) is 6.36. The SMILES string of the molecule is COc1nc(N)nc2c1ccn2[C@@H]1O[C@H](CO)[C@H]2OC(C)(C)O[C@H]21. The molecule has 0 unspecified atom stereocenters. The van der Waals surface area contributed by atoms with Gasteiger partial charge < -0.3 is 34.4 Å². The van der Waals surface area contributed by atoms with E-state index in [0.717, 1.165) is 5.39 Å². The number of nitrogens with zero attached hydrogens (tertiary/aromatic N) is 3. The Balaban J connectivity index is 1.79. The number of ether oxygens (including phenoxy) is 4. The fraction of sp³-hybridized carbons (Fsp3) is 0.600. The molecule has 0 saturated carbocycles. The van der Waals surface area contributed by atoms with Crippen LogP contribution in [0.2, 0.25) is 0 Å². The largest absolute Gasteiger partial charge is 0.480 e. The van der Waals surface area contributed by atoms with Crippen LogP contribution in [0.25, 0.3) is 11.0 Å². The molecule has 2 aliphatic heterocycles. The first-order valence-corrected chi connectivity index (χ1v) is 7.73. The van der Waals surface area contributed by atoms with Gasteiger partial charge in [0, 0.05) is 6.20 Å². The number of aliphatic hydroxyl groups is 1. The standard InChI is InChI=1S/C15H20N4O5/c1-15(2)23-9-8(6-20)22-13(10(9)24-15)19-5-4-7-11(19)17-14(16)18-12(7)21-3/h4-5,8-10,13,20H,6H2,1-3H3,(H2,16,17,18)/t8-,9-,10-,13-/m1/s1. The van der Waals surface area contributed by atoms with Crippen LogP contribution >= 0.6 is 0 Å². The molecule has 0 aliphatic carbocycles. The molecule has 2 aliphatic rings. The summed E-state index contributed by atoms with van der Waals surface area (Å²) >= 11 is 0. The molecule has 0 amide bonds. The van der Waals surface area contributed by atoms with E-state index in [1.165, 1.54) is 7.11 Å². The number of anilines is 1. The molecule has 9 heteroatoms. The van der Waals surface area contributed by atoms with Crippen molar-refractivity contribution in [3.63, 3.8) is 0 Å². The van der Waals surface area contributed by atoms with Gasteiger partial charge in [-0.1, -0.05) is 0 Å². The van der Waals surface area contributed by atoms with Crippen LogP contribution in [0.5, 0.6) is 5.88 Å². The summed E-state index contributed by atoms with van der Waals surface area (Å²) in [5.74, 6) is -0.232. The van der Waals surface area contributed by atoms with Crippen molar-refractivity contribution in [2.24, 2.45) is 0 Å². The minimum atomic E-state index is -0.737. The van der Waals surface area contributed by atoms with Gasteiger partial charge in [-0.25, -0.2) is 0 Å². The highest BCUT2D eigenvalue weighted by atomic mass is 16.8. The molecule has 24 heavy (non-hydrogen) atoms. The molecule has 9 nitrogen and oxygen atoms in total. The van der Waals surface area contributed by atoms with Gasteiger partial charge in [0.2, 0.25) is 11.8 Å². The van der Waals surface area contributed by atoms with E-state index < -0.39 is 18.1 Å². The van der Waals surface area contributed by atoms with Crippen LogP contribution in [0.4, 0.5) is 5.95 Å². The van der Waals surface area contributed by atoms with E-state index in [4.69, 9.17) is 24.7 Å². The average molecular weight is 336 g/mol. The number of aliphatic hydroxyl groups excluding tert-OH is 1. The molecular weight excluding hydrogens is 316 g/mol. The zero-order valence-electron chi connectivity index (χ0n) is 13.7. The minimum Gasteiger partial charge on any atom is -0.480 e. The number of hydrogen-bond donors (Lipinski definition) is 2. The first kappa shape index (κ1) is 15.6. The van der Waals surface area contributed by atoms with Crippen molar-refractivity contribution in [3.05, 3.63) is 12.3 Å². The normalized spacial score (nSPS) is 31.5. The topological polar surface area (TPSA) is 114 Å². The zero-order chi connectivity index (χ0) is 17.1. The average Bonchev–Trinajstić information content (AvgIpc) is 3.16. The molecule has 4 atom stereocenters. The third-order valence-corrected chi connectivity index (χ3v) is 4.33. The van der Waals surface area contributed by atoms with Crippen LogP contribution in [0.3, 0.4) is 0 Å². The van der Waals surface area contributed by atoms with Crippen LogP contribution in [0, 0.1) is 0 Å². The lowest BCUT2D eigenvalue weighted by molar-refractivity contribution is -0.199. The van der Waals surface area contributed by atoms with Gasteiger partial charge in [0.25, 0.3) is 0 Å². The molecule has 2 aromatic heterocycles. The fourth-order valence-corrected chi connectivity index (χ4v) is 3.41. The highest BCUT2D eigenvalue weighted by molar-refractivity contribution is 5.82. The smallest absolute Gasteiger partial charge is 0.227 e. The summed E-state index contributed by atoms with van der Waals surface area (Å²) < 4.78 is 24.9. The molecule has 3 N–H and O–H groups in total. The van der Waals surface area contributed by atoms with E-state index in [-0.39, 0.29) is 24.8 Å². The summed E-state index contributed by atoms with van der Waals surface area (Å²) in [5, 5.41) is 10.3. The molecule has 0 bridgehead atoms. The Bertz CT molecular complexity index is 777.